The van der Waals surface area contributed by atoms with Gasteiger partial charge in [0.05, 0.1) is 18.2 Å². The second kappa shape index (κ2) is 6.34. The molecule has 6 heteroatoms. The second-order valence-electron chi connectivity index (χ2n) is 4.35. The molecule has 1 amide bonds. The first kappa shape index (κ1) is 14.3. The van der Waals surface area contributed by atoms with Crippen LogP contribution in [0.15, 0.2) is 29.2 Å². The van der Waals surface area contributed by atoms with Gasteiger partial charge in [-0.3, -0.25) is 4.79 Å². The Balaban J connectivity index is 2.23. The molecule has 1 aromatic rings. The zero-order chi connectivity index (χ0) is 13.8. The molecule has 0 bridgehead atoms. The number of aliphatic hydroxyl groups excluding tert-OH is 1. The summed E-state index contributed by atoms with van der Waals surface area (Å²) in [7, 11) is 0. The van der Waals surface area contributed by atoms with Crippen LogP contribution < -0.4 is 0 Å². The fourth-order valence-electron chi connectivity index (χ4n) is 2.29. The van der Waals surface area contributed by atoms with E-state index >= 15 is 0 Å². The molecule has 0 radical (unpaired) electrons. The van der Waals surface area contributed by atoms with Crippen molar-refractivity contribution in [2.24, 2.45) is 0 Å². The molecule has 1 fully saturated rings. The molecule has 0 aliphatic carbocycles. The summed E-state index contributed by atoms with van der Waals surface area (Å²) < 4.78 is 25.0. The first-order valence-electron chi connectivity index (χ1n) is 6.09. The summed E-state index contributed by atoms with van der Waals surface area (Å²) in [5, 5.41) is 9.23. The van der Waals surface area contributed by atoms with E-state index in [1.54, 1.807) is 23.1 Å². The Hall–Kier alpha value is -1.14. The van der Waals surface area contributed by atoms with Crippen molar-refractivity contribution in [1.82, 2.24) is 4.90 Å². The minimum atomic E-state index is -2.55. The number of carbonyl (C=O) groups excluding carboxylic acids is 1. The van der Waals surface area contributed by atoms with Gasteiger partial charge >= 0.3 is 0 Å². The van der Waals surface area contributed by atoms with Gasteiger partial charge < -0.3 is 10.0 Å². The number of hydrogen-bond donors (Lipinski definition) is 1. The summed E-state index contributed by atoms with van der Waals surface area (Å²) in [5.74, 6) is -2.83. The van der Waals surface area contributed by atoms with Crippen molar-refractivity contribution in [2.75, 3.05) is 13.2 Å². The van der Waals surface area contributed by atoms with Crippen molar-refractivity contribution < 1.29 is 18.7 Å². The number of carbonyl (C=O) groups is 1. The van der Waals surface area contributed by atoms with Crippen molar-refractivity contribution >= 4 is 17.7 Å². The molecule has 0 spiro atoms. The molecule has 1 atom stereocenters. The summed E-state index contributed by atoms with van der Waals surface area (Å²) in [6, 6.07) is 6.17. The Morgan fingerprint density at radius 2 is 2.21 bits per heavy atom. The maximum absolute atomic E-state index is 12.5. The summed E-state index contributed by atoms with van der Waals surface area (Å²) in [5.41, 5.74) is 0.285. The maximum atomic E-state index is 12.5. The molecule has 0 unspecified atom stereocenters. The van der Waals surface area contributed by atoms with E-state index in [-0.39, 0.29) is 29.0 Å². The molecule has 1 aliphatic rings. The van der Waals surface area contributed by atoms with E-state index in [0.717, 1.165) is 12.8 Å². The smallest absolute Gasteiger partial charge is 0.288 e. The van der Waals surface area contributed by atoms with Crippen LogP contribution in [-0.2, 0) is 0 Å². The monoisotopic (exact) mass is 287 g/mol. The van der Waals surface area contributed by atoms with E-state index in [1.165, 1.54) is 6.07 Å². The quantitative estimate of drug-likeness (QED) is 0.865. The first-order valence-corrected chi connectivity index (χ1v) is 6.97. The minimum absolute atomic E-state index is 0.0874. The number of alkyl halides is 2. The van der Waals surface area contributed by atoms with Crippen molar-refractivity contribution in [3.63, 3.8) is 0 Å². The van der Waals surface area contributed by atoms with Gasteiger partial charge in [-0.1, -0.05) is 23.9 Å². The SMILES string of the molecule is O=C(c1ccccc1SC(F)F)N1CCC[C@@H]1CO. The predicted molar refractivity (Wildman–Crippen MR) is 69.4 cm³/mol. The molecule has 1 saturated heterocycles. The van der Waals surface area contributed by atoms with Gasteiger partial charge in [0.1, 0.15) is 0 Å². The fourth-order valence-corrected chi connectivity index (χ4v) is 2.92. The number of hydrogen-bond acceptors (Lipinski definition) is 3. The highest BCUT2D eigenvalue weighted by Crippen LogP contribution is 2.30. The lowest BCUT2D eigenvalue weighted by Gasteiger charge is -2.24. The average Bonchev–Trinajstić information content (AvgIpc) is 2.86. The molecule has 1 heterocycles. The highest BCUT2D eigenvalue weighted by Gasteiger charge is 2.30. The third-order valence-electron chi connectivity index (χ3n) is 3.18. The van der Waals surface area contributed by atoms with Gasteiger partial charge in [-0.25, -0.2) is 0 Å². The highest BCUT2D eigenvalue weighted by atomic mass is 32.2. The van der Waals surface area contributed by atoms with Crippen LogP contribution in [0.4, 0.5) is 8.78 Å². The van der Waals surface area contributed by atoms with E-state index in [0.29, 0.717) is 18.3 Å². The van der Waals surface area contributed by atoms with Gasteiger partial charge in [0.15, 0.2) is 0 Å². The highest BCUT2D eigenvalue weighted by molar-refractivity contribution is 7.99. The van der Waals surface area contributed by atoms with E-state index in [1.807, 2.05) is 0 Å². The molecule has 1 aliphatic heterocycles. The Labute approximate surface area is 114 Å². The summed E-state index contributed by atoms with van der Waals surface area (Å²) in [6.45, 7) is 0.480. The van der Waals surface area contributed by atoms with Crippen LogP contribution in [-0.4, -0.2) is 40.9 Å². The molecule has 1 aromatic carbocycles. The van der Waals surface area contributed by atoms with Crippen LogP contribution in [0.1, 0.15) is 23.2 Å². The molecule has 2 rings (SSSR count). The van der Waals surface area contributed by atoms with Crippen molar-refractivity contribution in [1.29, 1.82) is 0 Å². The number of likely N-dealkylation sites (tertiary alicyclic amines) is 1. The average molecular weight is 287 g/mol. The fraction of sp³-hybridized carbons (Fsp3) is 0.462. The van der Waals surface area contributed by atoms with Gasteiger partial charge in [0, 0.05) is 11.4 Å². The predicted octanol–water partition coefficient (Wildman–Crippen LogP) is 2.60. The molecule has 0 saturated carbocycles. The normalized spacial score (nSPS) is 19.2. The van der Waals surface area contributed by atoms with E-state index in [2.05, 4.69) is 0 Å². The van der Waals surface area contributed by atoms with Crippen LogP contribution in [0.3, 0.4) is 0 Å². The first-order chi connectivity index (χ1) is 9.13. The number of halogens is 2. The maximum Gasteiger partial charge on any atom is 0.288 e. The third-order valence-corrected chi connectivity index (χ3v) is 3.97. The number of aliphatic hydroxyl groups is 1. The van der Waals surface area contributed by atoms with Crippen LogP contribution >= 0.6 is 11.8 Å². The zero-order valence-corrected chi connectivity index (χ0v) is 11.1. The number of rotatable bonds is 4. The van der Waals surface area contributed by atoms with Crippen LogP contribution in [0, 0.1) is 0 Å². The Morgan fingerprint density at radius 1 is 1.47 bits per heavy atom. The summed E-state index contributed by atoms with van der Waals surface area (Å²) in [6.07, 6.45) is 1.59. The lowest BCUT2D eigenvalue weighted by atomic mass is 10.1. The van der Waals surface area contributed by atoms with Gasteiger partial charge in [-0.15, -0.1) is 0 Å². The van der Waals surface area contributed by atoms with Crippen LogP contribution in [0.25, 0.3) is 0 Å². The topological polar surface area (TPSA) is 40.5 Å². The third kappa shape index (κ3) is 3.25. The Kier molecular flexibility index (Phi) is 4.76. The number of benzene rings is 1. The summed E-state index contributed by atoms with van der Waals surface area (Å²) >= 11 is 0.378. The molecule has 3 nitrogen and oxygen atoms in total. The lowest BCUT2D eigenvalue weighted by Crippen LogP contribution is -2.37. The number of amides is 1. The molecule has 0 aromatic heterocycles. The van der Waals surface area contributed by atoms with Gasteiger partial charge in [-0.05, 0) is 25.0 Å². The zero-order valence-electron chi connectivity index (χ0n) is 10.3. The molecule has 19 heavy (non-hydrogen) atoms. The molecule has 1 N–H and O–H groups in total. The lowest BCUT2D eigenvalue weighted by molar-refractivity contribution is 0.0674. The van der Waals surface area contributed by atoms with Crippen molar-refractivity contribution in [3.05, 3.63) is 29.8 Å². The van der Waals surface area contributed by atoms with Gasteiger partial charge in [0.2, 0.25) is 0 Å². The van der Waals surface area contributed by atoms with Gasteiger partial charge in [0.25, 0.3) is 11.7 Å². The van der Waals surface area contributed by atoms with Crippen LogP contribution in [0.2, 0.25) is 0 Å². The summed E-state index contributed by atoms with van der Waals surface area (Å²) in [4.78, 5) is 14.2. The second-order valence-corrected chi connectivity index (χ2v) is 5.38. The molecular formula is C13H15F2NO2S. The number of thioether (sulfide) groups is 1. The van der Waals surface area contributed by atoms with E-state index < -0.39 is 5.76 Å². The number of nitrogens with zero attached hydrogens (tertiary/aromatic N) is 1. The van der Waals surface area contributed by atoms with E-state index in [4.69, 9.17) is 0 Å². The largest absolute Gasteiger partial charge is 0.394 e. The Bertz CT molecular complexity index is 456. The standard InChI is InChI=1S/C13H15F2NO2S/c14-13(15)19-11-6-2-1-5-10(11)12(18)16-7-3-4-9(16)8-17/h1-2,5-6,9,13,17H,3-4,7-8H2/t9-/m1/s1. The van der Waals surface area contributed by atoms with E-state index in [9.17, 15) is 18.7 Å². The van der Waals surface area contributed by atoms with Crippen molar-refractivity contribution in [3.8, 4) is 0 Å². The van der Waals surface area contributed by atoms with Crippen LogP contribution in [0.5, 0.6) is 0 Å². The molecule has 104 valence electrons. The van der Waals surface area contributed by atoms with Crippen molar-refractivity contribution in [2.45, 2.75) is 29.5 Å². The Morgan fingerprint density at radius 3 is 2.89 bits per heavy atom. The minimum Gasteiger partial charge on any atom is -0.394 e. The molecular weight excluding hydrogens is 272 g/mol. The van der Waals surface area contributed by atoms with Gasteiger partial charge in [-0.2, -0.15) is 8.78 Å².